The van der Waals surface area contributed by atoms with Crippen molar-refractivity contribution in [2.24, 2.45) is 0 Å². The number of rotatable bonds is 8. The van der Waals surface area contributed by atoms with Crippen LogP contribution >= 0.6 is 0 Å². The first kappa shape index (κ1) is 19.2. The molecular formula is C33H36. The summed E-state index contributed by atoms with van der Waals surface area (Å²) in [5.74, 6) is 4.77. The molecule has 2 aromatic rings. The quantitative estimate of drug-likeness (QED) is 0.390. The fourth-order valence-corrected chi connectivity index (χ4v) is 7.20. The smallest absolute Gasteiger partial charge is 0.00301 e. The molecule has 4 saturated carbocycles. The van der Waals surface area contributed by atoms with Crippen LogP contribution in [0, 0.1) is 0 Å². The molecule has 0 saturated heterocycles. The highest BCUT2D eigenvalue weighted by Gasteiger charge is 2.36. The minimum absolute atomic E-state index is 0.667. The Hall–Kier alpha value is -2.08. The summed E-state index contributed by atoms with van der Waals surface area (Å²) < 4.78 is 0. The minimum Gasteiger partial charge on any atom is -0.0764 e. The highest BCUT2D eigenvalue weighted by atomic mass is 14.4. The molecular weight excluding hydrogens is 396 g/mol. The van der Waals surface area contributed by atoms with E-state index in [0.29, 0.717) is 11.8 Å². The SMILES string of the molecule is C1=CC(CCCC2C=Cc3c(C4CC4)ccc(C4CC4)c32)c2c(C3CC3)ccc(C3CC3)c21. The molecule has 0 bridgehead atoms. The van der Waals surface area contributed by atoms with E-state index >= 15 is 0 Å². The van der Waals surface area contributed by atoms with Crippen LogP contribution in [0.5, 0.6) is 0 Å². The monoisotopic (exact) mass is 432 g/mol. The summed E-state index contributed by atoms with van der Waals surface area (Å²) in [6, 6.07) is 10.0. The predicted octanol–water partition coefficient (Wildman–Crippen LogP) is 9.29. The Morgan fingerprint density at radius 3 is 1.24 bits per heavy atom. The fourth-order valence-electron chi connectivity index (χ4n) is 7.20. The van der Waals surface area contributed by atoms with Gasteiger partial charge in [-0.1, -0.05) is 55.0 Å². The van der Waals surface area contributed by atoms with Gasteiger partial charge < -0.3 is 0 Å². The van der Waals surface area contributed by atoms with Crippen LogP contribution in [0.2, 0.25) is 0 Å². The molecule has 0 aliphatic heterocycles. The van der Waals surface area contributed by atoms with Crippen molar-refractivity contribution in [3.63, 3.8) is 0 Å². The number of hydrogen-bond acceptors (Lipinski definition) is 0. The third kappa shape index (κ3) is 3.31. The van der Waals surface area contributed by atoms with E-state index in [-0.39, 0.29) is 0 Å². The van der Waals surface area contributed by atoms with Crippen LogP contribution in [-0.2, 0) is 0 Å². The van der Waals surface area contributed by atoms with E-state index in [1.165, 1.54) is 70.6 Å². The molecule has 2 unspecified atom stereocenters. The summed E-state index contributed by atoms with van der Waals surface area (Å²) >= 11 is 0. The molecule has 33 heavy (non-hydrogen) atoms. The average molecular weight is 433 g/mol. The van der Waals surface area contributed by atoms with Crippen LogP contribution in [0.1, 0.15) is 151 Å². The Morgan fingerprint density at radius 1 is 0.485 bits per heavy atom. The van der Waals surface area contributed by atoms with E-state index < -0.39 is 0 Å². The van der Waals surface area contributed by atoms with Gasteiger partial charge in [0, 0.05) is 11.8 Å². The second-order valence-electron chi connectivity index (χ2n) is 12.1. The summed E-state index contributed by atoms with van der Waals surface area (Å²) in [7, 11) is 0. The van der Waals surface area contributed by atoms with Gasteiger partial charge in [0.15, 0.2) is 0 Å². The molecule has 2 atom stereocenters. The normalized spacial score (nSPS) is 27.3. The summed E-state index contributed by atoms with van der Waals surface area (Å²) in [5.41, 5.74) is 13.5. The van der Waals surface area contributed by atoms with Gasteiger partial charge in [-0.05, 0) is 132 Å². The first-order valence-corrected chi connectivity index (χ1v) is 14.0. The maximum atomic E-state index is 2.57. The summed E-state index contributed by atoms with van der Waals surface area (Å²) in [6.07, 6.45) is 25.5. The zero-order chi connectivity index (χ0) is 21.5. The molecule has 0 amide bonds. The number of hydrogen-bond donors (Lipinski definition) is 0. The van der Waals surface area contributed by atoms with Crippen LogP contribution in [-0.4, -0.2) is 0 Å². The third-order valence-electron chi connectivity index (χ3n) is 9.54. The van der Waals surface area contributed by atoms with Gasteiger partial charge in [-0.3, -0.25) is 0 Å². The molecule has 4 fully saturated rings. The maximum Gasteiger partial charge on any atom is 0.00301 e. The topological polar surface area (TPSA) is 0 Å². The maximum absolute atomic E-state index is 2.57. The van der Waals surface area contributed by atoms with Gasteiger partial charge in [-0.15, -0.1) is 0 Å². The molecule has 0 spiro atoms. The van der Waals surface area contributed by atoms with Gasteiger partial charge >= 0.3 is 0 Å². The first-order chi connectivity index (χ1) is 16.3. The molecule has 0 nitrogen and oxygen atoms in total. The standard InChI is InChI=1S/C33H36/c1(2-24-12-14-30-26(20-4-5-20)16-18-28(32(24)30)22-8-9-22)3-25-13-15-31-27(21-6-7-21)17-19-29(33(25)31)23-10-11-23/h12-25H,1-11H2. The number of allylic oxidation sites excluding steroid dienone is 2. The van der Waals surface area contributed by atoms with Crippen LogP contribution in [0.4, 0.5) is 0 Å². The summed E-state index contributed by atoms with van der Waals surface area (Å²) in [6.45, 7) is 0. The molecule has 8 rings (SSSR count). The van der Waals surface area contributed by atoms with Gasteiger partial charge in [-0.25, -0.2) is 0 Å². The lowest BCUT2D eigenvalue weighted by molar-refractivity contribution is 0.608. The van der Waals surface area contributed by atoms with Crippen molar-refractivity contribution in [1.82, 2.24) is 0 Å². The zero-order valence-corrected chi connectivity index (χ0v) is 19.9. The van der Waals surface area contributed by atoms with Crippen molar-refractivity contribution in [2.45, 2.75) is 106 Å². The van der Waals surface area contributed by atoms with Crippen LogP contribution in [0.3, 0.4) is 0 Å². The zero-order valence-electron chi connectivity index (χ0n) is 19.9. The fraction of sp³-hybridized carbons (Fsp3) is 0.515. The molecule has 0 N–H and O–H groups in total. The van der Waals surface area contributed by atoms with Crippen LogP contribution < -0.4 is 0 Å². The second kappa shape index (κ2) is 7.21. The molecule has 0 radical (unpaired) electrons. The van der Waals surface area contributed by atoms with E-state index in [1.54, 1.807) is 44.5 Å². The molecule has 168 valence electrons. The van der Waals surface area contributed by atoms with E-state index in [9.17, 15) is 0 Å². The van der Waals surface area contributed by atoms with Crippen molar-refractivity contribution in [3.05, 3.63) is 80.9 Å². The predicted molar refractivity (Wildman–Crippen MR) is 138 cm³/mol. The molecule has 6 aliphatic carbocycles. The molecule has 0 aromatic heterocycles. The lowest BCUT2D eigenvalue weighted by Crippen LogP contribution is -2.04. The van der Waals surface area contributed by atoms with Gasteiger partial charge in [0.2, 0.25) is 0 Å². The Kier molecular flexibility index (Phi) is 4.20. The first-order valence-electron chi connectivity index (χ1n) is 14.0. The van der Waals surface area contributed by atoms with Crippen molar-refractivity contribution in [2.75, 3.05) is 0 Å². The Morgan fingerprint density at radius 2 is 0.848 bits per heavy atom. The van der Waals surface area contributed by atoms with E-state index in [4.69, 9.17) is 0 Å². The highest BCUT2D eigenvalue weighted by Crippen LogP contribution is 2.54. The van der Waals surface area contributed by atoms with E-state index in [0.717, 1.165) is 23.7 Å². The Bertz CT molecular complexity index is 1080. The number of benzene rings is 2. The molecule has 0 heterocycles. The Balaban J connectivity index is 1.03. The molecule has 2 aromatic carbocycles. The Labute approximate surface area is 199 Å². The van der Waals surface area contributed by atoms with Gasteiger partial charge in [-0.2, -0.15) is 0 Å². The second-order valence-corrected chi connectivity index (χ2v) is 12.1. The van der Waals surface area contributed by atoms with Gasteiger partial charge in [0.25, 0.3) is 0 Å². The van der Waals surface area contributed by atoms with Crippen LogP contribution in [0.25, 0.3) is 12.2 Å². The lowest BCUT2D eigenvalue weighted by atomic mass is 9.84. The minimum atomic E-state index is 0.667. The van der Waals surface area contributed by atoms with Crippen molar-refractivity contribution < 1.29 is 0 Å². The highest BCUT2D eigenvalue weighted by molar-refractivity contribution is 5.70. The van der Waals surface area contributed by atoms with E-state index in [2.05, 4.69) is 48.6 Å². The summed E-state index contributed by atoms with van der Waals surface area (Å²) in [4.78, 5) is 0. The lowest BCUT2D eigenvalue weighted by Gasteiger charge is -2.21. The number of fused-ring (bicyclic) bond motifs is 2. The largest absolute Gasteiger partial charge is 0.0764 e. The van der Waals surface area contributed by atoms with Gasteiger partial charge in [0.1, 0.15) is 0 Å². The van der Waals surface area contributed by atoms with Crippen molar-refractivity contribution in [3.8, 4) is 0 Å². The van der Waals surface area contributed by atoms with Crippen molar-refractivity contribution >= 4 is 12.2 Å². The molecule has 6 aliphatic rings. The average Bonchev–Trinajstić information content (AvgIpc) is 3.68. The van der Waals surface area contributed by atoms with Crippen LogP contribution in [0.15, 0.2) is 36.4 Å². The van der Waals surface area contributed by atoms with Gasteiger partial charge in [0.05, 0.1) is 0 Å². The third-order valence-corrected chi connectivity index (χ3v) is 9.54. The van der Waals surface area contributed by atoms with E-state index in [1.807, 2.05) is 0 Å². The summed E-state index contributed by atoms with van der Waals surface area (Å²) in [5, 5.41) is 0. The van der Waals surface area contributed by atoms with Crippen molar-refractivity contribution in [1.29, 1.82) is 0 Å². The molecule has 0 heteroatoms.